The zero-order chi connectivity index (χ0) is 23.1. The lowest BCUT2D eigenvalue weighted by Crippen LogP contribution is -2.49. The van der Waals surface area contributed by atoms with Crippen molar-refractivity contribution in [3.63, 3.8) is 0 Å². The highest BCUT2D eigenvalue weighted by Crippen LogP contribution is 2.63. The maximum absolute atomic E-state index is 12.1. The SMILES string of the molecule is CC1=C2C[C@H]3[C@@H](CC[C@@H]4CNC(=O)C=C[C@@]43C)[C@@H]2CC[C@@]2(C1)O[C@@H]1C[C@H](C)CN(C)[C@H]1[C@H]2C. The van der Waals surface area contributed by atoms with Crippen molar-refractivity contribution < 1.29 is 9.53 Å². The Hall–Kier alpha value is -1.13. The third kappa shape index (κ3) is 3.26. The highest BCUT2D eigenvalue weighted by atomic mass is 16.5. The minimum atomic E-state index is 0.0320. The van der Waals surface area contributed by atoms with E-state index in [4.69, 9.17) is 4.74 Å². The Morgan fingerprint density at radius 2 is 2.03 bits per heavy atom. The minimum absolute atomic E-state index is 0.0320. The van der Waals surface area contributed by atoms with E-state index in [2.05, 4.69) is 51.0 Å². The van der Waals surface area contributed by atoms with Gasteiger partial charge in [-0.05, 0) is 100.0 Å². The van der Waals surface area contributed by atoms with E-state index in [1.54, 1.807) is 11.1 Å². The summed E-state index contributed by atoms with van der Waals surface area (Å²) in [5.74, 6) is 4.18. The van der Waals surface area contributed by atoms with E-state index in [0.717, 1.165) is 30.7 Å². The van der Waals surface area contributed by atoms with Crippen LogP contribution in [-0.4, -0.2) is 48.7 Å². The van der Waals surface area contributed by atoms with Gasteiger partial charge < -0.3 is 15.0 Å². The first-order valence-corrected chi connectivity index (χ1v) is 13.8. The van der Waals surface area contributed by atoms with Gasteiger partial charge in [0.05, 0.1) is 11.7 Å². The maximum Gasteiger partial charge on any atom is 0.243 e. The van der Waals surface area contributed by atoms with Crippen molar-refractivity contribution in [1.82, 2.24) is 10.2 Å². The number of nitrogens with zero attached hydrogens (tertiary/aromatic N) is 1. The first-order chi connectivity index (χ1) is 15.7. The smallest absolute Gasteiger partial charge is 0.243 e. The van der Waals surface area contributed by atoms with Gasteiger partial charge in [0.2, 0.25) is 5.91 Å². The quantitative estimate of drug-likeness (QED) is 0.529. The number of hydrogen-bond donors (Lipinski definition) is 1. The Kier molecular flexibility index (Phi) is 5.20. The molecule has 4 fully saturated rings. The molecule has 0 unspecified atom stereocenters. The molecule has 4 heteroatoms. The number of amides is 1. The van der Waals surface area contributed by atoms with Crippen LogP contribution in [0.5, 0.6) is 0 Å². The van der Waals surface area contributed by atoms with Crippen LogP contribution in [0.15, 0.2) is 23.3 Å². The molecule has 3 heterocycles. The summed E-state index contributed by atoms with van der Waals surface area (Å²) >= 11 is 0. The number of allylic oxidation sites excluding steroid dienone is 2. The van der Waals surface area contributed by atoms with E-state index in [1.165, 1.54) is 45.1 Å². The third-order valence-electron chi connectivity index (χ3n) is 11.4. The van der Waals surface area contributed by atoms with Crippen LogP contribution in [0.2, 0.25) is 0 Å². The average molecular weight is 453 g/mol. The first-order valence-electron chi connectivity index (χ1n) is 13.8. The maximum atomic E-state index is 12.1. The van der Waals surface area contributed by atoms with Crippen molar-refractivity contribution in [3.8, 4) is 0 Å². The van der Waals surface area contributed by atoms with Crippen LogP contribution in [0, 0.1) is 40.9 Å². The van der Waals surface area contributed by atoms with E-state index in [0.29, 0.717) is 29.9 Å². The molecular formula is C29H44N2O2. The molecule has 3 aliphatic heterocycles. The van der Waals surface area contributed by atoms with Crippen molar-refractivity contribution in [2.45, 2.75) is 90.4 Å². The van der Waals surface area contributed by atoms with E-state index in [1.807, 2.05) is 6.08 Å². The topological polar surface area (TPSA) is 41.6 Å². The number of hydrogen-bond acceptors (Lipinski definition) is 3. The molecule has 1 spiro atoms. The minimum Gasteiger partial charge on any atom is -0.369 e. The normalized spacial score (nSPS) is 52.0. The Balaban J connectivity index is 1.30. The van der Waals surface area contributed by atoms with Crippen LogP contribution in [0.3, 0.4) is 0 Å². The summed E-state index contributed by atoms with van der Waals surface area (Å²) in [6.07, 6.45) is 13.2. The summed E-state index contributed by atoms with van der Waals surface area (Å²) in [6.45, 7) is 11.8. The lowest BCUT2D eigenvalue weighted by atomic mass is 9.57. The number of carbonyl (C=O) groups is 1. The van der Waals surface area contributed by atoms with Crippen LogP contribution < -0.4 is 5.32 Å². The van der Waals surface area contributed by atoms with E-state index < -0.39 is 0 Å². The Morgan fingerprint density at radius 3 is 2.85 bits per heavy atom. The molecule has 182 valence electrons. The van der Waals surface area contributed by atoms with Crippen molar-refractivity contribution in [2.24, 2.45) is 40.9 Å². The van der Waals surface area contributed by atoms with Crippen LogP contribution in [0.1, 0.15) is 72.6 Å². The van der Waals surface area contributed by atoms with Gasteiger partial charge in [0, 0.05) is 25.0 Å². The number of likely N-dealkylation sites (tertiary alicyclic amines) is 1. The van der Waals surface area contributed by atoms with Gasteiger partial charge in [-0.3, -0.25) is 4.79 Å². The van der Waals surface area contributed by atoms with Crippen LogP contribution in [0.4, 0.5) is 0 Å². The lowest BCUT2D eigenvalue weighted by molar-refractivity contribution is -0.116. The van der Waals surface area contributed by atoms with Gasteiger partial charge in [-0.15, -0.1) is 0 Å². The molecule has 0 radical (unpaired) electrons. The van der Waals surface area contributed by atoms with Crippen molar-refractivity contribution in [1.29, 1.82) is 0 Å². The second-order valence-electron chi connectivity index (χ2n) is 13.1. The van der Waals surface area contributed by atoms with Gasteiger partial charge in [0.25, 0.3) is 0 Å². The molecular weight excluding hydrogens is 408 g/mol. The number of likely N-dealkylation sites (N-methyl/N-ethyl adjacent to an activating group) is 1. The highest BCUT2D eigenvalue weighted by Gasteiger charge is 2.59. The molecule has 6 aliphatic rings. The van der Waals surface area contributed by atoms with Crippen molar-refractivity contribution >= 4 is 5.91 Å². The number of carbonyl (C=O) groups excluding carboxylic acids is 1. The van der Waals surface area contributed by atoms with Gasteiger partial charge in [0.1, 0.15) is 0 Å². The highest BCUT2D eigenvalue weighted by molar-refractivity contribution is 5.87. The fraction of sp³-hybridized carbons (Fsp3) is 0.828. The summed E-state index contributed by atoms with van der Waals surface area (Å²) < 4.78 is 7.10. The third-order valence-corrected chi connectivity index (χ3v) is 11.4. The standard InChI is InChI=1S/C29H44N2O2/c1-17-12-25-27(31(5)16-17)19(3)29(33-25)11-8-21-22-7-6-20-15-30-26(32)9-10-28(20,4)24(22)13-23(21)18(2)14-29/h9-10,17,19-22,24-25,27H,6-8,11-16H2,1-5H3,(H,30,32)/t17-,19+,20+,21-,22-,24-,25+,27-,28-,29-/m0/s1. The summed E-state index contributed by atoms with van der Waals surface area (Å²) in [5, 5.41) is 3.14. The molecule has 0 aromatic carbocycles. The van der Waals surface area contributed by atoms with E-state index in [9.17, 15) is 4.79 Å². The molecule has 0 bridgehead atoms. The zero-order valence-electron chi connectivity index (χ0n) is 21.4. The van der Waals surface area contributed by atoms with Gasteiger partial charge in [0.15, 0.2) is 0 Å². The van der Waals surface area contributed by atoms with Gasteiger partial charge in [-0.2, -0.15) is 0 Å². The fourth-order valence-electron chi connectivity index (χ4n) is 9.76. The summed E-state index contributed by atoms with van der Waals surface area (Å²) in [7, 11) is 2.33. The Labute approximate surface area is 200 Å². The number of fused-ring (bicyclic) bond motifs is 6. The Bertz CT molecular complexity index is 894. The second kappa shape index (κ2) is 7.68. The first kappa shape index (κ1) is 22.3. The van der Waals surface area contributed by atoms with Crippen molar-refractivity contribution in [3.05, 3.63) is 23.3 Å². The molecule has 2 saturated carbocycles. The van der Waals surface area contributed by atoms with Crippen molar-refractivity contribution in [2.75, 3.05) is 20.1 Å². The van der Waals surface area contributed by atoms with Gasteiger partial charge >= 0.3 is 0 Å². The molecule has 0 aromatic heterocycles. The zero-order valence-corrected chi connectivity index (χ0v) is 21.4. The molecule has 3 aliphatic carbocycles. The largest absolute Gasteiger partial charge is 0.369 e. The van der Waals surface area contributed by atoms with Crippen LogP contribution >= 0.6 is 0 Å². The summed E-state index contributed by atoms with van der Waals surface area (Å²) in [5.41, 5.74) is 3.59. The lowest BCUT2D eigenvalue weighted by Gasteiger charge is -2.48. The molecule has 1 amide bonds. The predicted octanol–water partition coefficient (Wildman–Crippen LogP) is 4.96. The number of nitrogens with one attached hydrogen (secondary N) is 1. The number of rotatable bonds is 0. The van der Waals surface area contributed by atoms with E-state index in [-0.39, 0.29) is 16.9 Å². The molecule has 0 aromatic rings. The molecule has 6 rings (SSSR count). The number of ether oxygens (including phenoxy) is 1. The monoisotopic (exact) mass is 452 g/mol. The molecule has 10 atom stereocenters. The second-order valence-corrected chi connectivity index (χ2v) is 13.1. The van der Waals surface area contributed by atoms with E-state index >= 15 is 0 Å². The summed E-state index contributed by atoms with van der Waals surface area (Å²) in [6, 6.07) is 0.584. The van der Waals surface area contributed by atoms with Gasteiger partial charge in [-0.25, -0.2) is 0 Å². The van der Waals surface area contributed by atoms with Crippen LogP contribution in [-0.2, 0) is 9.53 Å². The van der Waals surface area contributed by atoms with Crippen LogP contribution in [0.25, 0.3) is 0 Å². The molecule has 33 heavy (non-hydrogen) atoms. The number of piperidine rings is 1. The fourth-order valence-corrected chi connectivity index (χ4v) is 9.76. The Morgan fingerprint density at radius 1 is 1.21 bits per heavy atom. The van der Waals surface area contributed by atoms with Gasteiger partial charge in [-0.1, -0.05) is 38.0 Å². The average Bonchev–Trinajstić information content (AvgIpc) is 3.16. The molecule has 2 saturated heterocycles. The molecule has 4 nitrogen and oxygen atoms in total. The summed E-state index contributed by atoms with van der Waals surface area (Å²) in [4.78, 5) is 14.7. The molecule has 1 N–H and O–H groups in total. The predicted molar refractivity (Wildman–Crippen MR) is 132 cm³/mol.